The molecule has 2 rings (SSSR count). The summed E-state index contributed by atoms with van der Waals surface area (Å²) >= 11 is 0. The lowest BCUT2D eigenvalue weighted by atomic mass is 9.87. The van der Waals surface area contributed by atoms with E-state index >= 15 is 0 Å². The fourth-order valence-corrected chi connectivity index (χ4v) is 2.71. The molecular formula is C12H23N5. The van der Waals surface area contributed by atoms with Crippen molar-refractivity contribution in [2.75, 3.05) is 6.54 Å². The standard InChI is InChI=1S/C12H23N5/c1-4-8-13-9-11-14-15-16-17(11)10-6-5-7-12(10,2)3/h10,13H,4-9H2,1-3H3. The van der Waals surface area contributed by atoms with Crippen molar-refractivity contribution in [2.45, 2.75) is 59.0 Å². The lowest BCUT2D eigenvalue weighted by Crippen LogP contribution is -2.26. The fourth-order valence-electron chi connectivity index (χ4n) is 2.71. The highest BCUT2D eigenvalue weighted by Gasteiger charge is 2.37. The molecule has 1 aliphatic carbocycles. The van der Waals surface area contributed by atoms with Crippen LogP contribution in [0.5, 0.6) is 0 Å². The summed E-state index contributed by atoms with van der Waals surface area (Å²) in [6.07, 6.45) is 4.87. The maximum absolute atomic E-state index is 4.19. The fraction of sp³-hybridized carbons (Fsp3) is 0.917. The molecule has 1 fully saturated rings. The Morgan fingerprint density at radius 3 is 2.94 bits per heavy atom. The predicted molar refractivity (Wildman–Crippen MR) is 66.5 cm³/mol. The molecule has 0 aromatic carbocycles. The summed E-state index contributed by atoms with van der Waals surface area (Å²) in [5.41, 5.74) is 0.314. The van der Waals surface area contributed by atoms with Crippen LogP contribution in [0.4, 0.5) is 0 Å². The van der Waals surface area contributed by atoms with Crippen molar-refractivity contribution in [3.05, 3.63) is 5.82 Å². The first-order valence-electron chi connectivity index (χ1n) is 6.62. The molecule has 1 aliphatic rings. The van der Waals surface area contributed by atoms with E-state index in [9.17, 15) is 0 Å². The van der Waals surface area contributed by atoms with E-state index in [-0.39, 0.29) is 0 Å². The second-order valence-corrected chi connectivity index (χ2v) is 5.61. The van der Waals surface area contributed by atoms with Gasteiger partial charge in [-0.3, -0.25) is 0 Å². The third kappa shape index (κ3) is 2.65. The van der Waals surface area contributed by atoms with E-state index in [1.165, 1.54) is 19.3 Å². The third-order valence-corrected chi connectivity index (χ3v) is 3.77. The Labute approximate surface area is 103 Å². The average molecular weight is 237 g/mol. The molecule has 1 atom stereocenters. The number of nitrogens with one attached hydrogen (secondary N) is 1. The van der Waals surface area contributed by atoms with Gasteiger partial charge in [0, 0.05) is 0 Å². The summed E-state index contributed by atoms with van der Waals surface area (Å²) in [4.78, 5) is 0. The second-order valence-electron chi connectivity index (χ2n) is 5.61. The highest BCUT2D eigenvalue weighted by molar-refractivity contribution is 4.93. The zero-order chi connectivity index (χ0) is 12.3. The van der Waals surface area contributed by atoms with Crippen LogP contribution in [0, 0.1) is 5.41 Å². The zero-order valence-corrected chi connectivity index (χ0v) is 11.1. The van der Waals surface area contributed by atoms with Gasteiger partial charge in [0.2, 0.25) is 0 Å². The monoisotopic (exact) mass is 237 g/mol. The van der Waals surface area contributed by atoms with Crippen LogP contribution in [0.15, 0.2) is 0 Å². The van der Waals surface area contributed by atoms with Crippen LogP contribution >= 0.6 is 0 Å². The van der Waals surface area contributed by atoms with E-state index < -0.39 is 0 Å². The van der Waals surface area contributed by atoms with E-state index in [1.807, 2.05) is 4.68 Å². The summed E-state index contributed by atoms with van der Waals surface area (Å²) in [5, 5.41) is 15.5. The molecule has 0 radical (unpaired) electrons. The first kappa shape index (κ1) is 12.5. The van der Waals surface area contributed by atoms with Gasteiger partial charge in [-0.05, 0) is 41.6 Å². The Balaban J connectivity index is 2.08. The molecule has 0 saturated heterocycles. The highest BCUT2D eigenvalue weighted by Crippen LogP contribution is 2.45. The first-order valence-corrected chi connectivity index (χ1v) is 6.62. The van der Waals surface area contributed by atoms with Crippen LogP contribution in [0.25, 0.3) is 0 Å². The van der Waals surface area contributed by atoms with Crippen LogP contribution < -0.4 is 5.32 Å². The molecule has 1 heterocycles. The minimum atomic E-state index is 0.314. The van der Waals surface area contributed by atoms with Gasteiger partial charge in [-0.2, -0.15) is 0 Å². The minimum absolute atomic E-state index is 0.314. The number of tetrazole rings is 1. The van der Waals surface area contributed by atoms with Crippen molar-refractivity contribution in [3.8, 4) is 0 Å². The zero-order valence-electron chi connectivity index (χ0n) is 11.1. The van der Waals surface area contributed by atoms with Crippen molar-refractivity contribution < 1.29 is 0 Å². The largest absolute Gasteiger partial charge is 0.310 e. The Morgan fingerprint density at radius 1 is 1.47 bits per heavy atom. The molecule has 0 spiro atoms. The molecule has 0 aliphatic heterocycles. The molecule has 0 bridgehead atoms. The van der Waals surface area contributed by atoms with Gasteiger partial charge in [0.05, 0.1) is 12.6 Å². The lowest BCUT2D eigenvalue weighted by Gasteiger charge is -2.27. The summed E-state index contributed by atoms with van der Waals surface area (Å²) in [7, 11) is 0. The summed E-state index contributed by atoms with van der Waals surface area (Å²) in [5.74, 6) is 0.971. The van der Waals surface area contributed by atoms with Gasteiger partial charge >= 0.3 is 0 Å². The molecular weight excluding hydrogens is 214 g/mol. The molecule has 1 saturated carbocycles. The maximum Gasteiger partial charge on any atom is 0.165 e. The van der Waals surface area contributed by atoms with Crippen LogP contribution in [-0.2, 0) is 6.54 Å². The Kier molecular flexibility index (Phi) is 3.76. The molecule has 0 amide bonds. The molecule has 96 valence electrons. The van der Waals surface area contributed by atoms with E-state index in [1.54, 1.807) is 0 Å². The van der Waals surface area contributed by atoms with Gasteiger partial charge in [0.15, 0.2) is 5.82 Å². The van der Waals surface area contributed by atoms with Gasteiger partial charge in [-0.25, -0.2) is 4.68 Å². The SMILES string of the molecule is CCCNCc1nnnn1C1CCCC1(C)C. The topological polar surface area (TPSA) is 55.6 Å². The van der Waals surface area contributed by atoms with Crippen molar-refractivity contribution >= 4 is 0 Å². The van der Waals surface area contributed by atoms with Crippen molar-refractivity contribution in [1.29, 1.82) is 0 Å². The maximum atomic E-state index is 4.19. The number of rotatable bonds is 5. The Bertz CT molecular complexity index is 358. The van der Waals surface area contributed by atoms with Gasteiger partial charge < -0.3 is 5.32 Å². The normalized spacial score (nSPS) is 23.1. The smallest absolute Gasteiger partial charge is 0.165 e. The van der Waals surface area contributed by atoms with Crippen LogP contribution in [-0.4, -0.2) is 26.8 Å². The van der Waals surface area contributed by atoms with Gasteiger partial charge in [-0.15, -0.1) is 5.10 Å². The molecule has 17 heavy (non-hydrogen) atoms. The Hall–Kier alpha value is -0.970. The number of hydrogen-bond donors (Lipinski definition) is 1. The lowest BCUT2D eigenvalue weighted by molar-refractivity contribution is 0.234. The van der Waals surface area contributed by atoms with E-state index in [4.69, 9.17) is 0 Å². The van der Waals surface area contributed by atoms with E-state index in [2.05, 4.69) is 41.6 Å². The highest BCUT2D eigenvalue weighted by atomic mass is 15.6. The van der Waals surface area contributed by atoms with E-state index in [0.29, 0.717) is 11.5 Å². The number of hydrogen-bond acceptors (Lipinski definition) is 4. The Morgan fingerprint density at radius 2 is 2.29 bits per heavy atom. The summed E-state index contributed by atoms with van der Waals surface area (Å²) in [6, 6.07) is 0.455. The quantitative estimate of drug-likeness (QED) is 0.795. The molecule has 1 unspecified atom stereocenters. The summed E-state index contributed by atoms with van der Waals surface area (Å²) < 4.78 is 2.04. The van der Waals surface area contributed by atoms with Crippen molar-refractivity contribution in [1.82, 2.24) is 25.5 Å². The molecule has 5 nitrogen and oxygen atoms in total. The molecule has 5 heteroatoms. The number of aromatic nitrogens is 4. The van der Waals surface area contributed by atoms with Crippen LogP contribution in [0.3, 0.4) is 0 Å². The number of nitrogens with zero attached hydrogens (tertiary/aromatic N) is 4. The minimum Gasteiger partial charge on any atom is -0.310 e. The first-order chi connectivity index (χ1) is 8.15. The van der Waals surface area contributed by atoms with Gasteiger partial charge in [0.1, 0.15) is 0 Å². The molecule has 1 aromatic rings. The van der Waals surface area contributed by atoms with Gasteiger partial charge in [0.25, 0.3) is 0 Å². The predicted octanol–water partition coefficient (Wildman–Crippen LogP) is 1.92. The van der Waals surface area contributed by atoms with Crippen LogP contribution in [0.2, 0.25) is 0 Å². The van der Waals surface area contributed by atoms with Gasteiger partial charge in [-0.1, -0.05) is 27.2 Å². The third-order valence-electron chi connectivity index (χ3n) is 3.77. The van der Waals surface area contributed by atoms with Crippen molar-refractivity contribution in [2.24, 2.45) is 5.41 Å². The van der Waals surface area contributed by atoms with Crippen molar-refractivity contribution in [3.63, 3.8) is 0 Å². The van der Waals surface area contributed by atoms with Crippen LogP contribution in [0.1, 0.15) is 58.3 Å². The summed E-state index contributed by atoms with van der Waals surface area (Å²) in [6.45, 7) is 8.58. The van der Waals surface area contributed by atoms with E-state index in [0.717, 1.165) is 25.3 Å². The molecule has 1 aromatic heterocycles. The average Bonchev–Trinajstić information content (AvgIpc) is 2.84. The second kappa shape index (κ2) is 5.12. The molecule has 1 N–H and O–H groups in total.